The molecule has 10 heteroatoms. The number of benzene rings is 2. The van der Waals surface area contributed by atoms with Gasteiger partial charge in [-0.25, -0.2) is 9.18 Å². The molecule has 0 radical (unpaired) electrons. The lowest BCUT2D eigenvalue weighted by molar-refractivity contribution is -0.384. The number of hydrogen-bond donors (Lipinski definition) is 0. The van der Waals surface area contributed by atoms with Gasteiger partial charge in [0.2, 0.25) is 11.7 Å². The summed E-state index contributed by atoms with van der Waals surface area (Å²) < 4.78 is 23.2. The van der Waals surface area contributed by atoms with Crippen molar-refractivity contribution in [2.24, 2.45) is 0 Å². The van der Waals surface area contributed by atoms with Crippen molar-refractivity contribution >= 4 is 23.4 Å². The monoisotopic (exact) mass is 452 g/mol. The van der Waals surface area contributed by atoms with Crippen LogP contribution in [0.2, 0.25) is 0 Å². The van der Waals surface area contributed by atoms with Gasteiger partial charge in [0, 0.05) is 30.8 Å². The van der Waals surface area contributed by atoms with Gasteiger partial charge < -0.3 is 14.2 Å². The summed E-state index contributed by atoms with van der Waals surface area (Å²) in [5, 5.41) is 15.7. The number of anilines is 1. The zero-order chi connectivity index (χ0) is 23.4. The van der Waals surface area contributed by atoms with Gasteiger partial charge in [-0.2, -0.15) is 4.98 Å². The largest absolute Gasteiger partial charge is 0.466 e. The van der Waals surface area contributed by atoms with E-state index >= 15 is 0 Å². The highest BCUT2D eigenvalue weighted by Crippen LogP contribution is 2.35. The van der Waals surface area contributed by atoms with Crippen molar-refractivity contribution < 1.29 is 23.4 Å². The molecule has 4 rings (SSSR count). The fourth-order valence-electron chi connectivity index (χ4n) is 3.80. The normalized spacial score (nSPS) is 16.2. The zero-order valence-electron chi connectivity index (χ0n) is 17.8. The minimum Gasteiger partial charge on any atom is -0.466 e. The minimum absolute atomic E-state index is 0.0554. The highest BCUT2D eigenvalue weighted by Gasteiger charge is 2.29. The predicted octanol–water partition coefficient (Wildman–Crippen LogP) is 4.35. The van der Waals surface area contributed by atoms with Crippen molar-refractivity contribution in [2.75, 3.05) is 25.1 Å². The first-order valence-electron chi connectivity index (χ1n) is 10.3. The molecular weight excluding hydrogens is 431 g/mol. The standard InChI is InChI=1S/C23H21FN4O5/c1-32-21(29)11-5-15-4-10-19(20(13-15)28(30)31)27-12-2-3-17(14-27)23-25-22(26-33-23)16-6-8-18(24)9-7-16/h4-11,13,17H,2-3,12,14H2,1H3. The summed E-state index contributed by atoms with van der Waals surface area (Å²) in [5.41, 5.74) is 1.59. The summed E-state index contributed by atoms with van der Waals surface area (Å²) in [7, 11) is 1.26. The zero-order valence-corrected chi connectivity index (χ0v) is 17.8. The van der Waals surface area contributed by atoms with E-state index in [4.69, 9.17) is 4.52 Å². The minimum atomic E-state index is -0.542. The van der Waals surface area contributed by atoms with Crippen LogP contribution in [-0.4, -0.2) is 41.2 Å². The number of hydrogen-bond acceptors (Lipinski definition) is 8. The molecule has 1 fully saturated rings. The van der Waals surface area contributed by atoms with Crippen LogP contribution in [0.4, 0.5) is 15.8 Å². The molecule has 33 heavy (non-hydrogen) atoms. The number of piperidine rings is 1. The Morgan fingerprint density at radius 3 is 2.82 bits per heavy atom. The van der Waals surface area contributed by atoms with Crippen LogP contribution in [-0.2, 0) is 9.53 Å². The molecule has 0 spiro atoms. The van der Waals surface area contributed by atoms with Gasteiger partial charge in [-0.3, -0.25) is 10.1 Å². The van der Waals surface area contributed by atoms with Gasteiger partial charge in [0.1, 0.15) is 11.5 Å². The molecule has 0 saturated carbocycles. The van der Waals surface area contributed by atoms with E-state index in [1.807, 2.05) is 4.90 Å². The summed E-state index contributed by atoms with van der Waals surface area (Å²) >= 11 is 0. The maximum atomic E-state index is 13.2. The number of carbonyl (C=O) groups excluding carboxylic acids is 1. The Morgan fingerprint density at radius 2 is 2.09 bits per heavy atom. The lowest BCUT2D eigenvalue weighted by atomic mass is 9.97. The first kappa shape index (κ1) is 22.1. The molecule has 1 atom stereocenters. The van der Waals surface area contributed by atoms with Crippen LogP contribution in [0.15, 0.2) is 53.1 Å². The Morgan fingerprint density at radius 1 is 1.30 bits per heavy atom. The fraction of sp³-hybridized carbons (Fsp3) is 0.261. The third kappa shape index (κ3) is 5.05. The van der Waals surface area contributed by atoms with Crippen molar-refractivity contribution in [2.45, 2.75) is 18.8 Å². The smallest absolute Gasteiger partial charge is 0.330 e. The molecule has 3 aromatic rings. The number of ether oxygens (including phenoxy) is 1. The molecule has 1 aliphatic heterocycles. The van der Waals surface area contributed by atoms with E-state index in [1.54, 1.807) is 24.3 Å². The van der Waals surface area contributed by atoms with Crippen molar-refractivity contribution in [1.82, 2.24) is 10.1 Å². The van der Waals surface area contributed by atoms with Crippen molar-refractivity contribution in [3.63, 3.8) is 0 Å². The van der Waals surface area contributed by atoms with Crippen LogP contribution in [0.5, 0.6) is 0 Å². The van der Waals surface area contributed by atoms with Gasteiger partial charge in [0.25, 0.3) is 5.69 Å². The summed E-state index contributed by atoms with van der Waals surface area (Å²) in [6, 6.07) is 10.6. The highest BCUT2D eigenvalue weighted by molar-refractivity contribution is 5.87. The van der Waals surface area contributed by atoms with E-state index in [0.29, 0.717) is 41.6 Å². The van der Waals surface area contributed by atoms with Crippen molar-refractivity contribution in [3.8, 4) is 11.4 Å². The number of nitro benzene ring substituents is 1. The number of aromatic nitrogens is 2. The first-order valence-corrected chi connectivity index (χ1v) is 10.3. The third-order valence-corrected chi connectivity index (χ3v) is 5.46. The Hall–Kier alpha value is -4.08. The Bertz CT molecular complexity index is 1190. The summed E-state index contributed by atoms with van der Waals surface area (Å²) in [4.78, 5) is 29.0. The molecule has 9 nitrogen and oxygen atoms in total. The molecular formula is C23H21FN4O5. The molecule has 0 N–H and O–H groups in total. The molecule has 1 aromatic heterocycles. The Labute approximate surface area is 188 Å². The van der Waals surface area contributed by atoms with E-state index in [1.165, 1.54) is 37.5 Å². The van der Waals surface area contributed by atoms with Crippen LogP contribution < -0.4 is 4.90 Å². The quantitative estimate of drug-likeness (QED) is 0.235. The second-order valence-corrected chi connectivity index (χ2v) is 7.61. The second kappa shape index (κ2) is 9.60. The molecule has 0 bridgehead atoms. The number of carbonyl (C=O) groups is 1. The van der Waals surface area contributed by atoms with Gasteiger partial charge in [0.15, 0.2) is 0 Å². The molecule has 1 unspecified atom stereocenters. The fourth-order valence-corrected chi connectivity index (χ4v) is 3.80. The van der Waals surface area contributed by atoms with Crippen molar-refractivity contribution in [1.29, 1.82) is 0 Å². The van der Waals surface area contributed by atoms with Crippen LogP contribution in [0.1, 0.15) is 30.2 Å². The maximum Gasteiger partial charge on any atom is 0.330 e. The second-order valence-electron chi connectivity index (χ2n) is 7.61. The summed E-state index contributed by atoms with van der Waals surface area (Å²) in [6.07, 6.45) is 4.27. The van der Waals surface area contributed by atoms with Gasteiger partial charge in [-0.05, 0) is 54.8 Å². The van der Waals surface area contributed by atoms with E-state index < -0.39 is 10.9 Å². The van der Waals surface area contributed by atoms with Crippen molar-refractivity contribution in [3.05, 3.63) is 75.9 Å². The number of halogens is 1. The first-order chi connectivity index (χ1) is 15.9. The molecule has 0 amide bonds. The number of rotatable bonds is 6. The molecule has 2 heterocycles. The van der Waals surface area contributed by atoms with E-state index in [0.717, 1.165) is 12.8 Å². The lowest BCUT2D eigenvalue weighted by Gasteiger charge is -2.32. The van der Waals surface area contributed by atoms with Gasteiger partial charge in [-0.1, -0.05) is 11.2 Å². The number of esters is 1. The topological polar surface area (TPSA) is 112 Å². The summed E-state index contributed by atoms with van der Waals surface area (Å²) in [6.45, 7) is 1.12. The predicted molar refractivity (Wildman–Crippen MR) is 118 cm³/mol. The van der Waals surface area contributed by atoms with E-state index in [-0.39, 0.29) is 17.4 Å². The average molecular weight is 452 g/mol. The molecule has 1 saturated heterocycles. The molecule has 170 valence electrons. The van der Waals surface area contributed by atoms with Crippen LogP contribution in [0.3, 0.4) is 0 Å². The van der Waals surface area contributed by atoms with Gasteiger partial charge >= 0.3 is 5.97 Å². The van der Waals surface area contributed by atoms with Crippen LogP contribution in [0.25, 0.3) is 17.5 Å². The SMILES string of the molecule is COC(=O)C=Cc1ccc(N2CCCC(c3nc(-c4ccc(F)cc4)no3)C2)c([N+](=O)[O-])c1. The van der Waals surface area contributed by atoms with Gasteiger partial charge in [-0.15, -0.1) is 0 Å². The average Bonchev–Trinajstić information content (AvgIpc) is 3.33. The Kier molecular flexibility index (Phi) is 6.43. The van der Waals surface area contributed by atoms with Gasteiger partial charge in [0.05, 0.1) is 18.0 Å². The molecule has 0 aliphatic carbocycles. The highest BCUT2D eigenvalue weighted by atomic mass is 19.1. The number of nitro groups is 1. The molecule has 2 aromatic carbocycles. The maximum absolute atomic E-state index is 13.2. The third-order valence-electron chi connectivity index (χ3n) is 5.46. The Balaban J connectivity index is 1.55. The number of methoxy groups -OCH3 is 1. The lowest BCUT2D eigenvalue weighted by Crippen LogP contribution is -2.34. The molecule has 1 aliphatic rings. The summed E-state index contributed by atoms with van der Waals surface area (Å²) in [5.74, 6) is -0.174. The van der Waals surface area contributed by atoms with Crippen LogP contribution in [0, 0.1) is 15.9 Å². The number of nitrogens with zero attached hydrogens (tertiary/aromatic N) is 4. The van der Waals surface area contributed by atoms with E-state index in [9.17, 15) is 19.3 Å². The van der Waals surface area contributed by atoms with Crippen LogP contribution >= 0.6 is 0 Å². The van der Waals surface area contributed by atoms with E-state index in [2.05, 4.69) is 14.9 Å².